The summed E-state index contributed by atoms with van der Waals surface area (Å²) in [4.78, 5) is 23.6. The van der Waals surface area contributed by atoms with Crippen LogP contribution in [0.2, 0.25) is 0 Å². The van der Waals surface area contributed by atoms with Gasteiger partial charge in [0.05, 0.1) is 17.1 Å². The van der Waals surface area contributed by atoms with Crippen molar-refractivity contribution in [3.8, 4) is 0 Å². The molecule has 1 aliphatic heterocycles. The maximum absolute atomic E-state index is 13.7. The van der Waals surface area contributed by atoms with Crippen LogP contribution in [0, 0.1) is 26.6 Å². The van der Waals surface area contributed by atoms with Gasteiger partial charge >= 0.3 is 0 Å². The van der Waals surface area contributed by atoms with E-state index in [4.69, 9.17) is 0 Å². The molecule has 5 nitrogen and oxygen atoms in total. The molecule has 0 radical (unpaired) electrons. The van der Waals surface area contributed by atoms with Crippen molar-refractivity contribution in [3.63, 3.8) is 0 Å². The molecule has 0 atom stereocenters. The third-order valence-electron chi connectivity index (χ3n) is 4.32. The molecule has 1 fully saturated rings. The maximum Gasteiger partial charge on any atom is 0.255 e. The molecule has 2 aromatic rings. The number of hydrogen-bond donors (Lipinski definition) is 1. The molecule has 1 aliphatic rings. The van der Waals surface area contributed by atoms with E-state index in [0.717, 1.165) is 25.9 Å². The minimum absolute atomic E-state index is 0.278. The molecule has 1 aromatic carbocycles. The third-order valence-corrected chi connectivity index (χ3v) is 4.32. The van der Waals surface area contributed by atoms with Crippen LogP contribution in [0.4, 0.5) is 16.0 Å². The van der Waals surface area contributed by atoms with Crippen LogP contribution >= 0.6 is 0 Å². The Morgan fingerprint density at radius 2 is 1.75 bits per heavy atom. The number of rotatable bonds is 3. The summed E-state index contributed by atoms with van der Waals surface area (Å²) in [5.74, 6) is -0.0452. The van der Waals surface area contributed by atoms with Gasteiger partial charge in [-0.2, -0.15) is 0 Å². The molecule has 0 aliphatic carbocycles. The normalized spacial score (nSPS) is 14.1. The molecule has 3 rings (SSSR count). The number of nitrogens with zero attached hydrogens (tertiary/aromatic N) is 3. The zero-order chi connectivity index (χ0) is 17.3. The Morgan fingerprint density at radius 1 is 1.12 bits per heavy atom. The Hall–Kier alpha value is -2.50. The van der Waals surface area contributed by atoms with E-state index in [9.17, 15) is 9.18 Å². The second kappa shape index (κ2) is 6.55. The molecule has 1 amide bonds. The summed E-state index contributed by atoms with van der Waals surface area (Å²) >= 11 is 0. The lowest BCUT2D eigenvalue weighted by molar-refractivity contribution is 0.102. The van der Waals surface area contributed by atoms with Gasteiger partial charge in [-0.15, -0.1) is 0 Å². The summed E-state index contributed by atoms with van der Waals surface area (Å²) in [6.07, 6.45) is 2.30. The maximum atomic E-state index is 13.7. The average molecular weight is 328 g/mol. The summed E-state index contributed by atoms with van der Waals surface area (Å²) < 4.78 is 13.7. The first-order valence-electron chi connectivity index (χ1n) is 8.13. The first kappa shape index (κ1) is 16.4. The van der Waals surface area contributed by atoms with Gasteiger partial charge < -0.3 is 10.2 Å². The van der Waals surface area contributed by atoms with Crippen LogP contribution in [0.1, 0.15) is 40.2 Å². The molecule has 1 N–H and O–H groups in total. The minimum atomic E-state index is -0.392. The second-order valence-electron chi connectivity index (χ2n) is 6.18. The molecular weight excluding hydrogens is 307 g/mol. The number of halogens is 1. The van der Waals surface area contributed by atoms with Crippen molar-refractivity contribution < 1.29 is 9.18 Å². The van der Waals surface area contributed by atoms with Crippen LogP contribution in [-0.2, 0) is 0 Å². The van der Waals surface area contributed by atoms with Crippen LogP contribution in [0.3, 0.4) is 0 Å². The lowest BCUT2D eigenvalue weighted by atomic mass is 10.1. The number of anilines is 2. The van der Waals surface area contributed by atoms with Crippen molar-refractivity contribution in [2.24, 2.45) is 0 Å². The quantitative estimate of drug-likeness (QED) is 0.938. The van der Waals surface area contributed by atoms with Crippen LogP contribution in [0.5, 0.6) is 0 Å². The number of carbonyl (C=O) groups is 1. The van der Waals surface area contributed by atoms with Gasteiger partial charge in [-0.05, 0) is 51.3 Å². The van der Waals surface area contributed by atoms with E-state index >= 15 is 0 Å². The monoisotopic (exact) mass is 328 g/mol. The Labute approximate surface area is 140 Å². The van der Waals surface area contributed by atoms with Gasteiger partial charge in [-0.25, -0.2) is 14.4 Å². The van der Waals surface area contributed by atoms with E-state index in [1.165, 1.54) is 6.07 Å². The Kier molecular flexibility index (Phi) is 4.46. The van der Waals surface area contributed by atoms with Crippen LogP contribution < -0.4 is 10.2 Å². The van der Waals surface area contributed by atoms with Crippen molar-refractivity contribution in [2.45, 2.75) is 33.6 Å². The first-order chi connectivity index (χ1) is 11.5. The van der Waals surface area contributed by atoms with Crippen molar-refractivity contribution in [1.82, 2.24) is 9.97 Å². The summed E-state index contributed by atoms with van der Waals surface area (Å²) in [5, 5.41) is 2.81. The molecular formula is C18H21FN4O. The Balaban J connectivity index is 1.83. The van der Waals surface area contributed by atoms with Gasteiger partial charge in [0.2, 0.25) is 5.95 Å². The zero-order valence-electron chi connectivity index (χ0n) is 14.2. The van der Waals surface area contributed by atoms with Crippen molar-refractivity contribution in [2.75, 3.05) is 23.3 Å². The SMILES string of the molecule is Cc1ccc(C(=O)Nc2c(C)nc(N3CCCC3)nc2C)cc1F. The predicted octanol–water partition coefficient (Wildman–Crippen LogP) is 3.39. The smallest absolute Gasteiger partial charge is 0.255 e. The zero-order valence-corrected chi connectivity index (χ0v) is 14.2. The molecule has 6 heteroatoms. The van der Waals surface area contributed by atoms with Crippen LogP contribution in [0.15, 0.2) is 18.2 Å². The van der Waals surface area contributed by atoms with E-state index in [0.29, 0.717) is 28.6 Å². The number of aryl methyl sites for hydroxylation is 3. The van der Waals surface area contributed by atoms with Gasteiger partial charge in [0.15, 0.2) is 0 Å². The van der Waals surface area contributed by atoms with Crippen molar-refractivity contribution >= 4 is 17.5 Å². The third kappa shape index (κ3) is 3.22. The summed E-state index contributed by atoms with van der Waals surface area (Å²) in [5.41, 5.74) is 2.80. The molecule has 0 unspecified atom stereocenters. The Bertz CT molecular complexity index is 762. The number of amides is 1. The fourth-order valence-corrected chi connectivity index (χ4v) is 2.86. The molecule has 24 heavy (non-hydrogen) atoms. The lowest BCUT2D eigenvalue weighted by Gasteiger charge is -2.18. The van der Waals surface area contributed by atoms with Crippen molar-refractivity contribution in [3.05, 3.63) is 46.5 Å². The van der Waals surface area contributed by atoms with Gasteiger partial charge in [0.1, 0.15) is 5.82 Å². The van der Waals surface area contributed by atoms with E-state index in [-0.39, 0.29) is 11.5 Å². The van der Waals surface area contributed by atoms with E-state index in [2.05, 4.69) is 20.2 Å². The summed E-state index contributed by atoms with van der Waals surface area (Å²) in [6.45, 7) is 7.29. The first-order valence-corrected chi connectivity index (χ1v) is 8.13. The highest BCUT2D eigenvalue weighted by Gasteiger charge is 2.19. The molecule has 0 spiro atoms. The molecule has 0 saturated carbocycles. The highest BCUT2D eigenvalue weighted by molar-refractivity contribution is 6.04. The Morgan fingerprint density at radius 3 is 2.33 bits per heavy atom. The number of benzene rings is 1. The number of carbonyl (C=O) groups excluding carboxylic acids is 1. The molecule has 2 heterocycles. The number of nitrogens with one attached hydrogen (secondary N) is 1. The van der Waals surface area contributed by atoms with Gasteiger partial charge in [-0.1, -0.05) is 6.07 Å². The fraction of sp³-hybridized carbons (Fsp3) is 0.389. The summed E-state index contributed by atoms with van der Waals surface area (Å²) in [7, 11) is 0. The second-order valence-corrected chi connectivity index (χ2v) is 6.18. The van der Waals surface area contributed by atoms with Crippen LogP contribution in [0.25, 0.3) is 0 Å². The predicted molar refractivity (Wildman–Crippen MR) is 92.0 cm³/mol. The molecule has 0 bridgehead atoms. The fourth-order valence-electron chi connectivity index (χ4n) is 2.86. The van der Waals surface area contributed by atoms with Crippen molar-refractivity contribution in [1.29, 1.82) is 0 Å². The number of hydrogen-bond acceptors (Lipinski definition) is 4. The molecule has 1 saturated heterocycles. The molecule has 126 valence electrons. The lowest BCUT2D eigenvalue weighted by Crippen LogP contribution is -2.22. The van der Waals surface area contributed by atoms with Gasteiger partial charge in [0.25, 0.3) is 5.91 Å². The number of aromatic nitrogens is 2. The van der Waals surface area contributed by atoms with E-state index in [1.54, 1.807) is 19.1 Å². The van der Waals surface area contributed by atoms with E-state index in [1.807, 2.05) is 13.8 Å². The van der Waals surface area contributed by atoms with Gasteiger partial charge in [-0.3, -0.25) is 4.79 Å². The summed E-state index contributed by atoms with van der Waals surface area (Å²) in [6, 6.07) is 4.45. The van der Waals surface area contributed by atoms with Gasteiger partial charge in [0, 0.05) is 18.7 Å². The highest BCUT2D eigenvalue weighted by Crippen LogP contribution is 2.23. The topological polar surface area (TPSA) is 58.1 Å². The van der Waals surface area contributed by atoms with E-state index < -0.39 is 5.82 Å². The largest absolute Gasteiger partial charge is 0.341 e. The standard InChI is InChI=1S/C18H21FN4O/c1-11-6-7-14(10-15(11)19)17(24)22-16-12(2)20-18(21-13(16)3)23-8-4-5-9-23/h6-7,10H,4-5,8-9H2,1-3H3,(H,22,24). The molecule has 1 aromatic heterocycles. The van der Waals surface area contributed by atoms with Crippen LogP contribution in [-0.4, -0.2) is 29.0 Å². The highest BCUT2D eigenvalue weighted by atomic mass is 19.1. The average Bonchev–Trinajstić information content (AvgIpc) is 3.07. The minimum Gasteiger partial charge on any atom is -0.341 e.